The van der Waals surface area contributed by atoms with Crippen molar-refractivity contribution in [2.45, 2.75) is 164 Å². The normalized spacial score (nSPS) is 28.6. The number of aliphatic carboxylic acids is 1. The molecular weight excluding hydrogens is 1450 g/mol. The largest absolute Gasteiger partial charge is 0.508 e. The molecule has 104 heavy (non-hydrogen) atoms. The van der Waals surface area contributed by atoms with Crippen molar-refractivity contribution >= 4 is 70.5 Å². The number of aromatic hydroxyl groups is 3. The Morgan fingerprint density at radius 1 is 0.721 bits per heavy atom. The van der Waals surface area contributed by atoms with Crippen LogP contribution in [0.15, 0.2) is 78.9 Å². The minimum absolute atomic E-state index is 0. The Hall–Kier alpha value is -8.66. The second-order valence-corrected chi connectivity index (χ2v) is 26.5. The van der Waals surface area contributed by atoms with E-state index in [4.69, 9.17) is 63.1 Å². The van der Waals surface area contributed by atoms with E-state index in [0.717, 1.165) is 66.7 Å². The van der Waals surface area contributed by atoms with Gasteiger partial charge in [0.25, 0.3) is 0 Å². The van der Waals surface area contributed by atoms with Crippen LogP contribution >= 0.6 is 23.2 Å². The van der Waals surface area contributed by atoms with Crippen molar-refractivity contribution in [1.29, 1.82) is 0 Å². The van der Waals surface area contributed by atoms with Crippen LogP contribution in [0, 0.1) is 5.92 Å². The van der Waals surface area contributed by atoms with Crippen LogP contribution in [0.25, 0.3) is 11.1 Å². The maximum Gasteiger partial charge on any atom is 0.330 e. The number of hydrogen-bond acceptors (Lipinski definition) is 26. The molecule has 563 valence electrons. The number of amides is 7. The third kappa shape index (κ3) is 17.5. The van der Waals surface area contributed by atoms with Gasteiger partial charge in [0.1, 0.15) is 89.5 Å². The van der Waals surface area contributed by atoms with Gasteiger partial charge >= 0.3 is 5.97 Å². The number of aliphatic hydroxyl groups is 6. The Kier molecular flexibility index (Phi) is 26.7. The van der Waals surface area contributed by atoms with E-state index in [1.165, 1.54) is 33.0 Å². The van der Waals surface area contributed by atoms with E-state index in [0.29, 0.717) is 0 Å². The SMILES string of the molecule is C.CN[C@H](CC(C)C)C(=O)N[C@@H]1C(=O)N[C@@H](CC(N)=O)C(=O)N[C@H]2C(=O)N[C@H]3C(=O)N[C@@H](C(=O)N[C@H](C(=O)O)c4cc(O)cc(O)c4-c4cc3ccc4O)[C@H](O)c3ccc(c(Cl)c3)Oc3cc2cc(c3O[C@H]2OC(CO)[C@@H](O)C(O)[C@@H]2OC2CC(C)(N)C(O)C(C)O2)Oc2ccc(cc2Cl)[C@H]1O.N.[V]. The number of hydrogen-bond donors (Lipinski definition) is 20. The molecule has 2 fully saturated rings. The van der Waals surface area contributed by atoms with Crippen LogP contribution in [0.3, 0.4) is 0 Å². The van der Waals surface area contributed by atoms with Gasteiger partial charge in [0.05, 0.1) is 41.3 Å². The average Bonchev–Trinajstić information content (AvgIpc) is 0.770. The van der Waals surface area contributed by atoms with Gasteiger partial charge in [-0.25, -0.2) is 4.79 Å². The predicted molar refractivity (Wildman–Crippen MR) is 361 cm³/mol. The molecule has 5 aromatic carbocycles. The number of benzene rings is 5. The summed E-state index contributed by atoms with van der Waals surface area (Å²) in [5.74, 6) is -16.0. The first-order chi connectivity index (χ1) is 47.7. The minimum Gasteiger partial charge on any atom is -0.508 e. The van der Waals surface area contributed by atoms with Crippen LogP contribution in [0.1, 0.15) is 113 Å². The Bertz CT molecular complexity index is 4090. The third-order valence-electron chi connectivity index (χ3n) is 17.8. The van der Waals surface area contributed by atoms with Crippen LogP contribution in [-0.4, -0.2) is 191 Å². The van der Waals surface area contributed by atoms with Gasteiger partial charge in [-0.05, 0) is 110 Å². The number of likely N-dealkylation sites (N-methyl/N-ethyl adjacent to an activating group) is 1. The summed E-state index contributed by atoms with van der Waals surface area (Å²) in [5.41, 5.74) is 8.00. The molecule has 7 aliphatic heterocycles. The van der Waals surface area contributed by atoms with E-state index >= 15 is 14.4 Å². The number of ether oxygens (including phenoxy) is 6. The standard InChI is InChI=1S/C66H75Cl2N9O24.CH4.H3N.V/c1-23(2)12-34(71-5)58(88)76-49-51(83)26-7-10-38(32(67)14-26)97-40-16-28-17-41(55(40)101-65-56(54(86)53(85)42(22-78)99-65)100-44-21-66(4,70)57(87)24(3)96-44)98-39-11-8-27(15-33(39)68)52(84)50-63(93)75-48(64(94)95)31-18-29(79)19-37(81)45(31)30-13-25(6-9-36(30)80)46(60(90)77-50)74-61(91)47(28)73-59(89)35(20-43(69)82)72-62(49)92;;;/h6-11,13-19,23-24,34-35,42,44,46-54,56-57,65,71,78-81,83-87H,12,20-22,70H2,1-5H3,(H2,69,82)(H,72,92)(H,73,89)(H,74,91)(H,75,93)(H,76,88)(H,77,90)(H,94,95);1H4;1H3;/t24?,34-,35+,42?,44?,46-,47-,48+,49+,50-,51-,52-,53-,54?,56+,57?,65-,66?;;;/m1.../s1. The molecular formula is C67H82Cl2N10O24V. The Balaban J connectivity index is 0.00000504. The molecule has 0 spiro atoms. The third-order valence-corrected chi connectivity index (χ3v) is 18.4. The monoisotopic (exact) mass is 1530 g/mol. The van der Waals surface area contributed by atoms with Gasteiger partial charge in [-0.1, -0.05) is 62.7 Å². The first kappa shape index (κ1) is 82.6. The molecule has 7 heterocycles. The number of carbonyl (C=O) groups excluding carboxylic acids is 7. The van der Waals surface area contributed by atoms with Gasteiger partial charge in [-0.3, -0.25) is 33.6 Å². The van der Waals surface area contributed by atoms with Crippen molar-refractivity contribution in [1.82, 2.24) is 43.4 Å². The number of aliphatic hydroxyl groups excluding tert-OH is 6. The molecule has 0 aliphatic carbocycles. The zero-order chi connectivity index (χ0) is 73.5. The summed E-state index contributed by atoms with van der Waals surface area (Å²) in [6.45, 7) is 5.66. The first-order valence-electron chi connectivity index (χ1n) is 31.6. The maximum atomic E-state index is 16.0. The van der Waals surface area contributed by atoms with Crippen molar-refractivity contribution in [3.05, 3.63) is 117 Å². The van der Waals surface area contributed by atoms with Crippen LogP contribution < -0.4 is 69.0 Å². The van der Waals surface area contributed by atoms with Crippen molar-refractivity contribution < 1.29 is 136 Å². The Labute approximate surface area is 615 Å². The molecule has 0 aromatic heterocycles. The number of phenolic OH excluding ortho intramolecular Hbond substituents is 3. The molecule has 11 bridgehead atoms. The van der Waals surface area contributed by atoms with Gasteiger partial charge in [-0.2, -0.15) is 0 Å². The van der Waals surface area contributed by atoms with Crippen LogP contribution in [0.4, 0.5) is 0 Å². The number of fused-ring (bicyclic) bond motifs is 15. The van der Waals surface area contributed by atoms with Gasteiger partial charge in [0, 0.05) is 53.3 Å². The quantitative estimate of drug-likeness (QED) is 0.0778. The van der Waals surface area contributed by atoms with E-state index in [1.807, 2.05) is 13.8 Å². The van der Waals surface area contributed by atoms with Crippen LogP contribution in [0.2, 0.25) is 10.0 Å². The fourth-order valence-corrected chi connectivity index (χ4v) is 12.9. The second-order valence-electron chi connectivity index (χ2n) is 25.7. The number of carboxylic acid groups (broad SMARTS) is 1. The molecule has 6 unspecified atom stereocenters. The molecule has 34 nitrogen and oxygen atoms in total. The molecule has 5 aromatic rings. The number of primary amides is 1. The predicted octanol–water partition coefficient (Wildman–Crippen LogP) is 0.902. The number of halogens is 2. The molecule has 7 amide bonds. The van der Waals surface area contributed by atoms with E-state index in [-0.39, 0.29) is 78.4 Å². The minimum atomic E-state index is -2.35. The van der Waals surface area contributed by atoms with Crippen molar-refractivity contribution in [2.24, 2.45) is 17.4 Å². The molecule has 2 saturated heterocycles. The summed E-state index contributed by atoms with van der Waals surface area (Å²) in [4.78, 5) is 117. The van der Waals surface area contributed by atoms with Gasteiger partial charge in [0.2, 0.25) is 53.4 Å². The van der Waals surface area contributed by atoms with Crippen molar-refractivity contribution in [2.75, 3.05) is 13.7 Å². The number of carboxylic acids is 1. The summed E-state index contributed by atoms with van der Waals surface area (Å²) in [7, 11) is 1.47. The zero-order valence-corrected chi connectivity index (χ0v) is 58.4. The first-order valence-corrected chi connectivity index (χ1v) is 32.4. The number of rotatable bonds is 13. The molecule has 18 atom stereocenters. The van der Waals surface area contributed by atoms with Gasteiger partial charge < -0.3 is 134 Å². The van der Waals surface area contributed by atoms with E-state index < -0.39 is 237 Å². The molecule has 1 radical (unpaired) electrons. The Morgan fingerprint density at radius 2 is 1.31 bits per heavy atom. The molecule has 12 rings (SSSR count). The smallest absolute Gasteiger partial charge is 0.330 e. The Morgan fingerprint density at radius 3 is 1.88 bits per heavy atom. The average molecular weight is 1530 g/mol. The number of nitrogens with two attached hydrogens (primary N) is 2. The van der Waals surface area contributed by atoms with Crippen molar-refractivity contribution in [3.8, 4) is 57.1 Å². The van der Waals surface area contributed by atoms with E-state index in [9.17, 15) is 75.0 Å². The fourth-order valence-electron chi connectivity index (χ4n) is 12.5. The summed E-state index contributed by atoms with van der Waals surface area (Å²) >= 11 is 14.1. The summed E-state index contributed by atoms with van der Waals surface area (Å²) in [6.07, 6.45) is -18.6. The van der Waals surface area contributed by atoms with Crippen LogP contribution in [0.5, 0.6) is 46.0 Å². The van der Waals surface area contributed by atoms with E-state index in [1.54, 1.807) is 0 Å². The summed E-state index contributed by atoms with van der Waals surface area (Å²) in [6, 6.07) is -0.679. The van der Waals surface area contributed by atoms with Gasteiger partial charge in [-0.15, -0.1) is 0 Å². The number of phenols is 3. The molecule has 7 aliphatic rings. The zero-order valence-electron chi connectivity index (χ0n) is 55.5. The fraction of sp³-hybridized carbons (Fsp3) is 0.433. The molecule has 24 N–H and O–H groups in total. The number of nitrogens with one attached hydrogen (secondary N) is 7. The van der Waals surface area contributed by atoms with Gasteiger partial charge in [0.15, 0.2) is 29.9 Å². The van der Waals surface area contributed by atoms with Crippen molar-refractivity contribution in [3.63, 3.8) is 0 Å². The second kappa shape index (κ2) is 33.6. The van der Waals surface area contributed by atoms with Crippen LogP contribution in [-0.2, 0) is 71.1 Å². The topological polar surface area (TPSA) is 565 Å². The summed E-state index contributed by atoms with van der Waals surface area (Å²) < 4.78 is 38.3. The summed E-state index contributed by atoms with van der Waals surface area (Å²) in [5, 5.41) is 131. The maximum absolute atomic E-state index is 16.0. The van der Waals surface area contributed by atoms with E-state index in [2.05, 4.69) is 37.2 Å². The molecule has 37 heteroatoms. The number of carbonyl (C=O) groups is 8. The molecule has 0 saturated carbocycles.